The number of esters is 1. The van der Waals surface area contributed by atoms with Gasteiger partial charge in [0, 0.05) is 5.57 Å². The van der Waals surface area contributed by atoms with Gasteiger partial charge in [-0.1, -0.05) is 37.8 Å². The van der Waals surface area contributed by atoms with Crippen molar-refractivity contribution >= 4 is 12.0 Å². The lowest BCUT2D eigenvalue weighted by Crippen LogP contribution is -2.59. The Hall–Kier alpha value is -2.03. The molecule has 0 amide bonds. The number of ether oxygens (including phenoxy) is 1. The highest BCUT2D eigenvalue weighted by molar-refractivity contribution is 5.88. The van der Waals surface area contributed by atoms with Crippen LogP contribution in [0.3, 0.4) is 0 Å². The molecule has 0 saturated heterocycles. The quantitative estimate of drug-likeness (QED) is 0.534. The molecule has 0 heterocycles. The van der Waals surface area contributed by atoms with Crippen LogP contribution in [0.4, 0.5) is 0 Å². The first kappa shape index (κ1) is 18.3. The standard InChI is InChI=1S/C24H30O3/c1-3-24(20-12-18-11-19(14-20)15-21(24)13-18)27-23(26)16(2)5-4-6-17-7-9-22(25)10-8-17/h4,6-10,18-21,25H,2-3,5,11-15H2,1H3. The van der Waals surface area contributed by atoms with Crippen LogP contribution in [0.5, 0.6) is 5.75 Å². The number of phenolic OH excluding ortho intramolecular Hbond substituents is 1. The zero-order chi connectivity index (χ0) is 19.0. The molecule has 4 aliphatic carbocycles. The maximum absolute atomic E-state index is 12.8. The Labute approximate surface area is 162 Å². The molecule has 4 bridgehead atoms. The molecule has 3 heteroatoms. The van der Waals surface area contributed by atoms with Crippen molar-refractivity contribution in [2.45, 2.75) is 57.5 Å². The second-order valence-electron chi connectivity index (χ2n) is 8.80. The fourth-order valence-electron chi connectivity index (χ4n) is 6.05. The average Bonchev–Trinajstić information content (AvgIpc) is 2.65. The molecule has 0 aromatic heterocycles. The summed E-state index contributed by atoms with van der Waals surface area (Å²) in [6.07, 6.45) is 11.6. The Kier molecular flexibility index (Phi) is 4.88. The van der Waals surface area contributed by atoms with Crippen molar-refractivity contribution in [1.29, 1.82) is 0 Å². The third-order valence-corrected chi connectivity index (χ3v) is 7.21. The van der Waals surface area contributed by atoms with Gasteiger partial charge in [0.25, 0.3) is 0 Å². The molecule has 144 valence electrons. The molecule has 0 unspecified atom stereocenters. The topological polar surface area (TPSA) is 46.5 Å². The average molecular weight is 367 g/mol. The van der Waals surface area contributed by atoms with Gasteiger partial charge in [0.15, 0.2) is 0 Å². The highest BCUT2D eigenvalue weighted by Crippen LogP contribution is 2.60. The molecule has 0 atom stereocenters. The smallest absolute Gasteiger partial charge is 0.334 e. The Morgan fingerprint density at radius 2 is 1.74 bits per heavy atom. The number of carbonyl (C=O) groups excluding carboxylic acids is 1. The number of hydrogen-bond acceptors (Lipinski definition) is 3. The van der Waals surface area contributed by atoms with Crippen molar-refractivity contribution in [2.24, 2.45) is 23.7 Å². The normalized spacial score (nSPS) is 34.1. The van der Waals surface area contributed by atoms with Gasteiger partial charge >= 0.3 is 5.97 Å². The Bertz CT molecular complexity index is 715. The first-order valence-electron chi connectivity index (χ1n) is 10.4. The SMILES string of the molecule is C=C(CC=Cc1ccc(O)cc1)C(=O)OC1(CC)C2CC3CC(C2)CC1C3. The van der Waals surface area contributed by atoms with Crippen molar-refractivity contribution in [3.8, 4) is 5.75 Å². The number of carbonyl (C=O) groups is 1. The largest absolute Gasteiger partial charge is 0.508 e. The number of aromatic hydroxyl groups is 1. The molecule has 4 saturated carbocycles. The molecule has 1 aromatic rings. The van der Waals surface area contributed by atoms with Crippen molar-refractivity contribution < 1.29 is 14.6 Å². The van der Waals surface area contributed by atoms with E-state index in [-0.39, 0.29) is 17.3 Å². The van der Waals surface area contributed by atoms with Gasteiger partial charge in [-0.3, -0.25) is 0 Å². The van der Waals surface area contributed by atoms with E-state index in [0.717, 1.165) is 23.8 Å². The molecule has 1 aromatic carbocycles. The molecule has 3 nitrogen and oxygen atoms in total. The lowest BCUT2D eigenvalue weighted by molar-refractivity contribution is -0.207. The highest BCUT2D eigenvalue weighted by atomic mass is 16.6. The number of rotatable bonds is 6. The first-order chi connectivity index (χ1) is 13.0. The summed E-state index contributed by atoms with van der Waals surface area (Å²) in [5.74, 6) is 2.84. The molecule has 0 aliphatic heterocycles. The van der Waals surface area contributed by atoms with Crippen LogP contribution in [-0.2, 0) is 9.53 Å². The minimum atomic E-state index is -0.256. The predicted molar refractivity (Wildman–Crippen MR) is 107 cm³/mol. The van der Waals surface area contributed by atoms with E-state index < -0.39 is 0 Å². The fourth-order valence-corrected chi connectivity index (χ4v) is 6.05. The Balaban J connectivity index is 1.39. The van der Waals surface area contributed by atoms with Crippen LogP contribution in [0.2, 0.25) is 0 Å². The minimum absolute atomic E-state index is 0.223. The fraction of sp³-hybridized carbons (Fsp3) is 0.542. The molecule has 27 heavy (non-hydrogen) atoms. The Morgan fingerprint density at radius 1 is 1.15 bits per heavy atom. The van der Waals surface area contributed by atoms with E-state index >= 15 is 0 Å². The molecule has 0 radical (unpaired) electrons. The zero-order valence-electron chi connectivity index (χ0n) is 16.2. The number of phenols is 1. The number of hydrogen-bond donors (Lipinski definition) is 1. The second-order valence-corrected chi connectivity index (χ2v) is 8.80. The highest BCUT2D eigenvalue weighted by Gasteiger charge is 2.58. The van der Waals surface area contributed by atoms with Crippen LogP contribution < -0.4 is 0 Å². The second kappa shape index (κ2) is 7.18. The molecular formula is C24H30O3. The maximum atomic E-state index is 12.8. The number of benzene rings is 1. The molecule has 4 aliphatic rings. The van der Waals surface area contributed by atoms with Gasteiger partial charge in [-0.2, -0.15) is 0 Å². The van der Waals surface area contributed by atoms with Crippen molar-refractivity contribution in [1.82, 2.24) is 0 Å². The summed E-state index contributed by atoms with van der Waals surface area (Å²) < 4.78 is 6.24. The van der Waals surface area contributed by atoms with Crippen LogP contribution in [0.1, 0.15) is 57.4 Å². The lowest BCUT2D eigenvalue weighted by atomic mass is 9.49. The van der Waals surface area contributed by atoms with Gasteiger partial charge in [0.1, 0.15) is 11.4 Å². The van der Waals surface area contributed by atoms with Gasteiger partial charge in [-0.25, -0.2) is 4.79 Å². The Morgan fingerprint density at radius 3 is 2.30 bits per heavy atom. The van der Waals surface area contributed by atoms with Crippen LogP contribution in [0.25, 0.3) is 6.08 Å². The lowest BCUT2D eigenvalue weighted by Gasteiger charge is -2.60. The predicted octanol–water partition coefficient (Wildman–Crippen LogP) is 5.50. The summed E-state index contributed by atoms with van der Waals surface area (Å²) in [7, 11) is 0. The summed E-state index contributed by atoms with van der Waals surface area (Å²) in [6.45, 7) is 6.17. The van der Waals surface area contributed by atoms with E-state index in [9.17, 15) is 9.90 Å². The van der Waals surface area contributed by atoms with Crippen molar-refractivity contribution in [3.63, 3.8) is 0 Å². The summed E-state index contributed by atoms with van der Waals surface area (Å²) in [6, 6.07) is 6.99. The van der Waals surface area contributed by atoms with Gasteiger partial charge < -0.3 is 9.84 Å². The van der Waals surface area contributed by atoms with Gasteiger partial charge in [0.2, 0.25) is 0 Å². The van der Waals surface area contributed by atoms with E-state index in [1.165, 1.54) is 32.1 Å². The monoisotopic (exact) mass is 366 g/mol. The van der Waals surface area contributed by atoms with E-state index in [0.29, 0.717) is 23.8 Å². The van der Waals surface area contributed by atoms with Crippen molar-refractivity contribution in [3.05, 3.63) is 48.1 Å². The van der Waals surface area contributed by atoms with Gasteiger partial charge in [0.05, 0.1) is 0 Å². The van der Waals surface area contributed by atoms with Crippen molar-refractivity contribution in [2.75, 3.05) is 0 Å². The summed E-state index contributed by atoms with van der Waals surface area (Å²) in [5, 5.41) is 9.33. The molecule has 4 fully saturated rings. The summed E-state index contributed by atoms with van der Waals surface area (Å²) >= 11 is 0. The maximum Gasteiger partial charge on any atom is 0.334 e. The van der Waals surface area contributed by atoms with E-state index in [2.05, 4.69) is 13.5 Å². The van der Waals surface area contributed by atoms with Crippen LogP contribution in [0.15, 0.2) is 42.5 Å². The minimum Gasteiger partial charge on any atom is -0.508 e. The zero-order valence-corrected chi connectivity index (χ0v) is 16.2. The van der Waals surface area contributed by atoms with Crippen LogP contribution in [0, 0.1) is 23.7 Å². The number of allylic oxidation sites excluding steroid dienone is 1. The van der Waals surface area contributed by atoms with Gasteiger partial charge in [-0.05, 0) is 86.3 Å². The molecule has 1 N–H and O–H groups in total. The summed E-state index contributed by atoms with van der Waals surface area (Å²) in [4.78, 5) is 12.8. The summed E-state index contributed by atoms with van der Waals surface area (Å²) in [5.41, 5.74) is 1.25. The third-order valence-electron chi connectivity index (χ3n) is 7.21. The third kappa shape index (κ3) is 3.44. The molecule has 5 rings (SSSR count). The first-order valence-corrected chi connectivity index (χ1v) is 10.4. The van der Waals surface area contributed by atoms with Crippen LogP contribution in [-0.4, -0.2) is 16.7 Å². The van der Waals surface area contributed by atoms with E-state index in [4.69, 9.17) is 4.74 Å². The van der Waals surface area contributed by atoms with E-state index in [1.807, 2.05) is 24.3 Å². The molecule has 0 spiro atoms. The van der Waals surface area contributed by atoms with Gasteiger partial charge in [-0.15, -0.1) is 0 Å². The molecular weight excluding hydrogens is 336 g/mol. The van der Waals surface area contributed by atoms with Crippen LogP contribution >= 0.6 is 0 Å². The van der Waals surface area contributed by atoms with E-state index in [1.54, 1.807) is 12.1 Å².